The quantitative estimate of drug-likeness (QED) is 0.0470. The fourth-order valence-electron chi connectivity index (χ4n) is 7.78. The van der Waals surface area contributed by atoms with Crippen molar-refractivity contribution in [1.29, 1.82) is 0 Å². The maximum atomic E-state index is 11.8. The van der Waals surface area contributed by atoms with E-state index in [1.165, 1.54) is 231 Å². The number of aliphatic carboxylic acids is 1. The molecule has 0 rings (SSSR count). The van der Waals surface area contributed by atoms with Crippen molar-refractivity contribution in [3.8, 4) is 0 Å². The summed E-state index contributed by atoms with van der Waals surface area (Å²) in [4.78, 5) is 14.1. The van der Waals surface area contributed by atoms with Gasteiger partial charge in [-0.25, -0.2) is 0 Å². The van der Waals surface area contributed by atoms with Crippen LogP contribution in [-0.2, 0) is 4.79 Å². The molecule has 0 amide bonds. The summed E-state index contributed by atoms with van der Waals surface area (Å²) in [5.41, 5.74) is 0. The van der Waals surface area contributed by atoms with Crippen molar-refractivity contribution in [2.24, 2.45) is 0 Å². The van der Waals surface area contributed by atoms with E-state index in [0.717, 1.165) is 25.9 Å². The van der Waals surface area contributed by atoms with Gasteiger partial charge in [0.25, 0.3) is 0 Å². The molecule has 294 valence electrons. The van der Waals surface area contributed by atoms with Crippen molar-refractivity contribution in [2.45, 2.75) is 277 Å². The Morgan fingerprint density at radius 2 is 0.540 bits per heavy atom. The molecule has 0 radical (unpaired) electrons. The first-order chi connectivity index (χ1) is 24.2. The Morgan fingerprint density at radius 3 is 0.700 bits per heavy atom. The van der Waals surface area contributed by atoms with Gasteiger partial charge in [-0.05, 0) is 32.4 Å². The van der Waals surface area contributed by atoms with E-state index in [0.29, 0.717) is 6.42 Å². The fraction of sp³-hybridized carbons (Fsp3) is 0.978. The Bertz CT molecular complexity index is 587. The first-order valence-electron chi connectivity index (χ1n) is 23.1. The Kier molecular flexibility index (Phi) is 47.1. The molecular weight excluding hydrogens is 605 g/mol. The summed E-state index contributed by atoms with van der Waals surface area (Å²) in [5, 5.41) is 11.8. The van der Waals surface area contributed by atoms with Crippen LogP contribution in [0.2, 0.25) is 0 Å². The zero-order valence-corrected chi connectivity index (χ0v) is 35.3. The van der Waals surface area contributed by atoms with Gasteiger partial charge in [0.15, 0.2) is 0 Å². The summed E-state index contributed by atoms with van der Waals surface area (Å²) in [6, 6.07) is -0.411. The van der Waals surface area contributed by atoms with E-state index in [1.54, 1.807) is 0 Å². The van der Waals surface area contributed by atoms with Gasteiger partial charge in [-0.15, -0.1) is 0 Å². The van der Waals surface area contributed by atoms with Gasteiger partial charge in [-0.3, -0.25) is 4.90 Å². The number of nitrogens with zero attached hydrogens (tertiary/aromatic N) is 1. The van der Waals surface area contributed by atoms with Crippen LogP contribution in [0.3, 0.4) is 0 Å². The Balaban J connectivity index is 0. The summed E-state index contributed by atoms with van der Waals surface area (Å²) in [5.74, 6) is -0.877. The molecule has 0 fully saturated rings. The molecule has 0 aliphatic carbocycles. The van der Waals surface area contributed by atoms with Gasteiger partial charge in [0.2, 0.25) is 0 Å². The van der Waals surface area contributed by atoms with Crippen molar-refractivity contribution in [3.05, 3.63) is 0 Å². The smallest absolute Gasteiger partial charge is 0.548 e. The summed E-state index contributed by atoms with van der Waals surface area (Å²) >= 11 is 0. The third kappa shape index (κ3) is 39.2. The fourth-order valence-corrected chi connectivity index (χ4v) is 7.78. The van der Waals surface area contributed by atoms with E-state index in [-0.39, 0.29) is 18.9 Å². The molecule has 0 aromatic rings. The predicted octanol–water partition coefficient (Wildman–Crippen LogP) is 11.7. The second-order valence-electron chi connectivity index (χ2n) is 16.0. The van der Waals surface area contributed by atoms with Crippen LogP contribution in [-0.4, -0.2) is 30.0 Å². The number of carbonyl (C=O) groups excluding carboxylic acids is 1. The minimum atomic E-state index is -0.877. The number of carboxylic acid groups (broad SMARTS) is 1. The van der Waals surface area contributed by atoms with Crippen LogP contribution < -0.4 is 24.0 Å². The SMILES string of the molecule is CCCCCCCCCCCCCCCCCCCCCN(CCCCCCCCCCCCCCCCCCCCC)C(CC)C(=O)[O-].[Li+]. The summed E-state index contributed by atoms with van der Waals surface area (Å²) < 4.78 is 0. The van der Waals surface area contributed by atoms with Gasteiger partial charge in [-0.2, -0.15) is 0 Å². The Hall–Kier alpha value is 0.0274. The number of unbranched alkanes of at least 4 members (excludes halogenated alkanes) is 36. The molecule has 0 spiro atoms. The molecule has 1 unspecified atom stereocenters. The number of hydrogen-bond donors (Lipinski definition) is 0. The van der Waals surface area contributed by atoms with E-state index < -0.39 is 12.0 Å². The predicted molar refractivity (Wildman–Crippen MR) is 217 cm³/mol. The minimum Gasteiger partial charge on any atom is -0.548 e. The average molecular weight is 698 g/mol. The molecule has 0 saturated heterocycles. The Morgan fingerprint density at radius 1 is 0.360 bits per heavy atom. The molecule has 0 aliphatic rings. The molecular formula is C46H92LiNO2. The number of rotatable bonds is 43. The van der Waals surface area contributed by atoms with Crippen LogP contribution in [0.1, 0.15) is 271 Å². The first-order valence-corrected chi connectivity index (χ1v) is 23.1. The second-order valence-corrected chi connectivity index (χ2v) is 16.0. The molecule has 1 atom stereocenters. The van der Waals surface area contributed by atoms with Crippen molar-refractivity contribution in [1.82, 2.24) is 4.90 Å². The first kappa shape index (κ1) is 52.1. The van der Waals surface area contributed by atoms with Crippen LogP contribution in [0.4, 0.5) is 0 Å². The molecule has 0 aromatic carbocycles. The molecule has 50 heavy (non-hydrogen) atoms. The molecule has 4 heteroatoms. The third-order valence-corrected chi connectivity index (χ3v) is 11.2. The third-order valence-electron chi connectivity index (χ3n) is 11.2. The normalized spacial score (nSPS) is 12.1. The van der Waals surface area contributed by atoms with Gasteiger partial charge >= 0.3 is 18.9 Å². The zero-order chi connectivity index (χ0) is 35.7. The maximum absolute atomic E-state index is 11.8. The molecule has 0 aromatic heterocycles. The van der Waals surface area contributed by atoms with Crippen LogP contribution in [0.15, 0.2) is 0 Å². The van der Waals surface area contributed by atoms with E-state index >= 15 is 0 Å². The van der Waals surface area contributed by atoms with Gasteiger partial charge in [0.05, 0.1) is 5.97 Å². The second kappa shape index (κ2) is 45.2. The molecule has 0 heterocycles. The van der Waals surface area contributed by atoms with Crippen LogP contribution >= 0.6 is 0 Å². The average Bonchev–Trinajstić information content (AvgIpc) is 3.10. The van der Waals surface area contributed by atoms with Crippen molar-refractivity contribution >= 4 is 5.97 Å². The molecule has 0 aliphatic heterocycles. The van der Waals surface area contributed by atoms with Gasteiger partial charge in [0.1, 0.15) is 0 Å². The van der Waals surface area contributed by atoms with Crippen LogP contribution in [0.5, 0.6) is 0 Å². The standard InChI is InChI=1S/C46H93NO2.Li/c1-4-7-9-11-13-15-17-19-21-23-25-27-29-31-33-35-37-39-41-43-47(45(6-3)46(48)49)44-42-40-38-36-34-32-30-28-26-24-22-20-18-16-14-12-10-8-5-2;/h45H,4-44H2,1-3H3,(H,48,49);/q;+1/p-1. The van der Waals surface area contributed by atoms with E-state index in [4.69, 9.17) is 0 Å². The monoisotopic (exact) mass is 698 g/mol. The largest absolute Gasteiger partial charge is 1.00 e. The van der Waals surface area contributed by atoms with E-state index in [1.807, 2.05) is 6.92 Å². The summed E-state index contributed by atoms with van der Waals surface area (Å²) in [6.07, 6.45) is 53.5. The molecule has 0 N–H and O–H groups in total. The number of hydrogen-bond acceptors (Lipinski definition) is 3. The maximum Gasteiger partial charge on any atom is 1.00 e. The van der Waals surface area contributed by atoms with E-state index in [2.05, 4.69) is 18.7 Å². The zero-order valence-electron chi connectivity index (χ0n) is 35.3. The van der Waals surface area contributed by atoms with Crippen molar-refractivity contribution in [3.63, 3.8) is 0 Å². The summed E-state index contributed by atoms with van der Waals surface area (Å²) in [7, 11) is 0. The topological polar surface area (TPSA) is 43.4 Å². The van der Waals surface area contributed by atoms with E-state index in [9.17, 15) is 9.90 Å². The van der Waals surface area contributed by atoms with Gasteiger partial charge in [-0.1, -0.05) is 252 Å². The van der Waals surface area contributed by atoms with Crippen LogP contribution in [0, 0.1) is 0 Å². The summed E-state index contributed by atoms with van der Waals surface area (Å²) in [6.45, 7) is 8.44. The van der Waals surface area contributed by atoms with Crippen molar-refractivity contribution in [2.75, 3.05) is 13.1 Å². The van der Waals surface area contributed by atoms with Crippen molar-refractivity contribution < 1.29 is 28.8 Å². The number of carbonyl (C=O) groups is 1. The molecule has 0 bridgehead atoms. The Labute approximate surface area is 328 Å². The van der Waals surface area contributed by atoms with Gasteiger partial charge in [0, 0.05) is 6.04 Å². The van der Waals surface area contributed by atoms with Crippen LogP contribution in [0.25, 0.3) is 0 Å². The molecule has 3 nitrogen and oxygen atoms in total. The number of carboxylic acids is 1. The van der Waals surface area contributed by atoms with Gasteiger partial charge < -0.3 is 9.90 Å². The molecule has 0 saturated carbocycles. The minimum absolute atomic E-state index is 0.